The van der Waals surface area contributed by atoms with Crippen molar-refractivity contribution in [3.05, 3.63) is 29.3 Å². The fraction of sp³-hybridized carbons (Fsp3) is 0.500. The van der Waals surface area contributed by atoms with E-state index in [0.29, 0.717) is 5.78 Å². The van der Waals surface area contributed by atoms with E-state index in [2.05, 4.69) is 32.0 Å². The summed E-state index contributed by atoms with van der Waals surface area (Å²) in [6.45, 7) is 4.40. The summed E-state index contributed by atoms with van der Waals surface area (Å²) in [7, 11) is 0. The molecular formula is C14H16OS. The average Bonchev–Trinajstić information content (AvgIpc) is 2.53. The number of hydrogen-bond acceptors (Lipinski definition) is 2. The Morgan fingerprint density at radius 3 is 3.06 bits per heavy atom. The van der Waals surface area contributed by atoms with Crippen molar-refractivity contribution in [2.45, 2.75) is 48.7 Å². The van der Waals surface area contributed by atoms with Crippen LogP contribution in [0.3, 0.4) is 0 Å². The van der Waals surface area contributed by atoms with E-state index in [1.807, 2.05) is 0 Å². The minimum Gasteiger partial charge on any atom is -0.298 e. The zero-order valence-corrected chi connectivity index (χ0v) is 10.6. The number of Topliss-reactive ketones (excluding diaryl/α,β-unsaturated/α-hetero) is 1. The Hall–Kier alpha value is -0.760. The number of carbonyl (C=O) groups is 1. The fourth-order valence-electron chi connectivity index (χ4n) is 3.04. The molecule has 1 saturated carbocycles. The van der Waals surface area contributed by atoms with Gasteiger partial charge in [-0.05, 0) is 31.4 Å². The van der Waals surface area contributed by atoms with Crippen LogP contribution in [0.2, 0.25) is 0 Å². The van der Waals surface area contributed by atoms with Crippen molar-refractivity contribution in [3.63, 3.8) is 0 Å². The summed E-state index contributed by atoms with van der Waals surface area (Å²) in [5.41, 5.74) is 2.82. The van der Waals surface area contributed by atoms with Gasteiger partial charge in [-0.25, -0.2) is 0 Å². The van der Waals surface area contributed by atoms with Crippen LogP contribution in [0.25, 0.3) is 0 Å². The molecule has 1 heterocycles. The largest absolute Gasteiger partial charge is 0.298 e. The first-order chi connectivity index (χ1) is 7.61. The van der Waals surface area contributed by atoms with Crippen LogP contribution in [0.4, 0.5) is 0 Å². The van der Waals surface area contributed by atoms with Gasteiger partial charge < -0.3 is 0 Å². The zero-order chi connectivity index (χ0) is 11.3. The maximum Gasteiger partial charge on any atom is 0.147 e. The highest BCUT2D eigenvalue weighted by atomic mass is 32.2. The second-order valence-corrected chi connectivity index (χ2v) is 6.38. The molecule has 2 atom stereocenters. The van der Waals surface area contributed by atoms with Crippen molar-refractivity contribution < 1.29 is 4.79 Å². The molecule has 0 bridgehead atoms. The number of thioether (sulfide) groups is 1. The van der Waals surface area contributed by atoms with Crippen LogP contribution in [-0.2, 0) is 10.2 Å². The van der Waals surface area contributed by atoms with Crippen molar-refractivity contribution >= 4 is 17.5 Å². The van der Waals surface area contributed by atoms with Gasteiger partial charge in [-0.3, -0.25) is 4.79 Å². The van der Waals surface area contributed by atoms with Crippen molar-refractivity contribution in [3.8, 4) is 0 Å². The summed E-state index contributed by atoms with van der Waals surface area (Å²) < 4.78 is 0. The van der Waals surface area contributed by atoms with Crippen LogP contribution in [0.5, 0.6) is 0 Å². The number of benzene rings is 1. The molecule has 0 radical (unpaired) electrons. The van der Waals surface area contributed by atoms with Gasteiger partial charge in [0.2, 0.25) is 0 Å². The van der Waals surface area contributed by atoms with E-state index < -0.39 is 0 Å². The molecule has 3 rings (SSSR count). The van der Waals surface area contributed by atoms with Gasteiger partial charge in [-0.15, -0.1) is 11.8 Å². The van der Waals surface area contributed by atoms with Crippen LogP contribution in [-0.4, -0.2) is 11.0 Å². The highest BCUT2D eigenvalue weighted by Crippen LogP contribution is 2.54. The van der Waals surface area contributed by atoms with Crippen LogP contribution in [0.15, 0.2) is 23.1 Å². The molecule has 2 heteroatoms. The molecule has 1 aromatic rings. The summed E-state index contributed by atoms with van der Waals surface area (Å²) >= 11 is 1.79. The molecule has 16 heavy (non-hydrogen) atoms. The number of carbonyl (C=O) groups excluding carboxylic acids is 1. The van der Waals surface area contributed by atoms with Gasteiger partial charge >= 0.3 is 0 Å². The molecule has 2 aliphatic rings. The molecule has 0 unspecified atom stereocenters. The van der Waals surface area contributed by atoms with Gasteiger partial charge in [-0.1, -0.05) is 24.6 Å². The molecule has 1 fully saturated rings. The van der Waals surface area contributed by atoms with Crippen LogP contribution >= 0.6 is 11.8 Å². The normalized spacial score (nSPS) is 32.4. The fourth-order valence-corrected chi connectivity index (χ4v) is 4.61. The molecule has 0 amide bonds. The third-order valence-electron chi connectivity index (χ3n) is 3.99. The molecule has 1 aromatic carbocycles. The maximum atomic E-state index is 12.0. The summed E-state index contributed by atoms with van der Waals surface area (Å²) in [5.74, 6) is 0.451. The van der Waals surface area contributed by atoms with Crippen molar-refractivity contribution in [2.24, 2.45) is 0 Å². The standard InChI is InChI=1S/C14H16OS/c1-9-5-6-12-10(8-9)14(2)7-3-4-11(15)13(14)16-12/h5-6,8,13H,3-4,7H2,1-2H3/t13-,14-/m1/s1. The highest BCUT2D eigenvalue weighted by molar-refractivity contribution is 8.01. The lowest BCUT2D eigenvalue weighted by atomic mass is 9.70. The number of fused-ring (bicyclic) bond motifs is 3. The number of hydrogen-bond donors (Lipinski definition) is 0. The van der Waals surface area contributed by atoms with Gasteiger partial charge in [0.15, 0.2) is 0 Å². The first-order valence-electron chi connectivity index (χ1n) is 5.92. The molecule has 1 nitrogen and oxygen atoms in total. The molecule has 1 aliphatic heterocycles. The third kappa shape index (κ3) is 1.29. The van der Waals surface area contributed by atoms with Crippen molar-refractivity contribution in [2.75, 3.05) is 0 Å². The van der Waals surface area contributed by atoms with Crippen molar-refractivity contribution in [1.29, 1.82) is 0 Å². The van der Waals surface area contributed by atoms with Gasteiger partial charge in [0, 0.05) is 16.7 Å². The number of rotatable bonds is 0. The van der Waals surface area contributed by atoms with E-state index in [1.54, 1.807) is 11.8 Å². The van der Waals surface area contributed by atoms with E-state index in [0.717, 1.165) is 19.3 Å². The quantitative estimate of drug-likeness (QED) is 0.681. The first-order valence-corrected chi connectivity index (χ1v) is 6.80. The third-order valence-corrected chi connectivity index (χ3v) is 5.61. The first kappa shape index (κ1) is 10.4. The van der Waals surface area contributed by atoms with Gasteiger partial charge in [0.1, 0.15) is 5.78 Å². The van der Waals surface area contributed by atoms with Gasteiger partial charge in [0.05, 0.1) is 5.25 Å². The minimum absolute atomic E-state index is 0.0986. The van der Waals surface area contributed by atoms with Crippen LogP contribution in [0, 0.1) is 6.92 Å². The lowest BCUT2D eigenvalue weighted by Gasteiger charge is -2.35. The Morgan fingerprint density at radius 2 is 2.25 bits per heavy atom. The Bertz CT molecular complexity index is 466. The second kappa shape index (κ2) is 3.36. The van der Waals surface area contributed by atoms with E-state index in [1.165, 1.54) is 16.0 Å². The molecule has 1 aliphatic carbocycles. The van der Waals surface area contributed by atoms with E-state index >= 15 is 0 Å². The summed E-state index contributed by atoms with van der Waals surface area (Å²) in [6.07, 6.45) is 2.99. The summed E-state index contributed by atoms with van der Waals surface area (Å²) in [6, 6.07) is 6.62. The zero-order valence-electron chi connectivity index (χ0n) is 9.75. The van der Waals surface area contributed by atoms with Crippen LogP contribution < -0.4 is 0 Å². The molecule has 0 N–H and O–H groups in total. The molecule has 84 valence electrons. The Balaban J connectivity index is 2.14. The smallest absolute Gasteiger partial charge is 0.147 e. The predicted molar refractivity (Wildman–Crippen MR) is 67.0 cm³/mol. The average molecular weight is 232 g/mol. The van der Waals surface area contributed by atoms with Crippen LogP contribution in [0.1, 0.15) is 37.3 Å². The Kier molecular flexibility index (Phi) is 2.19. The Labute approximate surface area is 101 Å². The number of ketones is 1. The highest BCUT2D eigenvalue weighted by Gasteiger charge is 2.49. The molecule has 0 aromatic heterocycles. The summed E-state index contributed by atoms with van der Waals surface area (Å²) in [5, 5.41) is 0.179. The molecule has 0 saturated heterocycles. The lowest BCUT2D eigenvalue weighted by Crippen LogP contribution is -2.40. The van der Waals surface area contributed by atoms with Gasteiger partial charge in [0.25, 0.3) is 0 Å². The predicted octanol–water partition coefficient (Wildman–Crippen LogP) is 3.48. The van der Waals surface area contributed by atoms with E-state index in [-0.39, 0.29) is 10.7 Å². The molecule has 0 spiro atoms. The molecular weight excluding hydrogens is 216 g/mol. The number of aryl methyl sites for hydroxylation is 1. The Morgan fingerprint density at radius 1 is 1.44 bits per heavy atom. The monoisotopic (exact) mass is 232 g/mol. The lowest BCUT2D eigenvalue weighted by molar-refractivity contribution is -0.121. The second-order valence-electron chi connectivity index (χ2n) is 5.23. The van der Waals surface area contributed by atoms with Crippen molar-refractivity contribution in [1.82, 2.24) is 0 Å². The maximum absolute atomic E-state index is 12.0. The van der Waals surface area contributed by atoms with E-state index in [9.17, 15) is 4.79 Å². The van der Waals surface area contributed by atoms with Gasteiger partial charge in [-0.2, -0.15) is 0 Å². The SMILES string of the molecule is Cc1ccc2c(c1)[C@@]1(C)CCCC(=O)[C@H]1S2. The van der Waals surface area contributed by atoms with E-state index in [4.69, 9.17) is 0 Å². The minimum atomic E-state index is 0.0986. The summed E-state index contributed by atoms with van der Waals surface area (Å²) in [4.78, 5) is 13.3. The topological polar surface area (TPSA) is 17.1 Å².